The van der Waals surface area contributed by atoms with Crippen LogP contribution in [-0.4, -0.2) is 18.0 Å². The molecule has 2 aromatic heterocycles. The lowest BCUT2D eigenvalue weighted by Crippen LogP contribution is -2.20. The predicted molar refractivity (Wildman–Crippen MR) is 78.7 cm³/mol. The number of nitrogens with one attached hydrogen (secondary N) is 2. The van der Waals surface area contributed by atoms with E-state index in [4.69, 9.17) is 14.6 Å². The van der Waals surface area contributed by atoms with Gasteiger partial charge < -0.3 is 9.15 Å². The molecule has 0 radical (unpaired) electrons. The Bertz CT molecular complexity index is 856. The van der Waals surface area contributed by atoms with Gasteiger partial charge in [0.25, 0.3) is 5.91 Å². The lowest BCUT2D eigenvalue weighted by Gasteiger charge is -2.05. The number of nitrogens with zero attached hydrogens (tertiary/aromatic N) is 1. The minimum absolute atomic E-state index is 0.144. The van der Waals surface area contributed by atoms with E-state index in [1.54, 1.807) is 43.0 Å². The first-order chi connectivity index (χ1) is 10.2. The van der Waals surface area contributed by atoms with E-state index in [9.17, 15) is 4.79 Å². The second-order valence-corrected chi connectivity index (χ2v) is 5.08. The smallest absolute Gasteiger partial charge is 0.262 e. The molecule has 2 N–H and O–H groups in total. The number of carbonyl (C=O) groups excluding carboxylic acids is 1. The molecule has 2 heterocycles. The number of fused-ring (bicyclic) bond motifs is 1. The highest BCUT2D eigenvalue weighted by Gasteiger charge is 2.13. The van der Waals surface area contributed by atoms with Crippen molar-refractivity contribution in [2.24, 2.45) is 0 Å². The quantitative estimate of drug-likeness (QED) is 0.778. The second kappa shape index (κ2) is 5.37. The molecule has 0 spiro atoms. The number of anilines is 1. The topological polar surface area (TPSA) is 88.2 Å². The zero-order chi connectivity index (χ0) is 14.8. The molecule has 0 saturated heterocycles. The fraction of sp³-hybridized carbons (Fsp3) is 0.0714. The first-order valence-electron chi connectivity index (χ1n) is 6.05. The maximum absolute atomic E-state index is 12.2. The molecule has 3 aromatic rings. The van der Waals surface area contributed by atoms with Gasteiger partial charge in [0.15, 0.2) is 5.13 Å². The van der Waals surface area contributed by atoms with E-state index in [0.717, 1.165) is 0 Å². The molecule has 0 saturated carbocycles. The molecule has 1 amide bonds. The molecule has 6 nitrogen and oxygen atoms in total. The molecule has 0 aliphatic rings. The molecule has 106 valence electrons. The van der Waals surface area contributed by atoms with Crippen molar-refractivity contribution < 1.29 is 13.9 Å². The summed E-state index contributed by atoms with van der Waals surface area (Å²) in [5.74, 6) is 0.227. The van der Waals surface area contributed by atoms with E-state index in [-0.39, 0.29) is 11.1 Å². The van der Waals surface area contributed by atoms with Gasteiger partial charge in [-0.15, -0.1) is 11.3 Å². The van der Waals surface area contributed by atoms with E-state index < -0.39 is 5.91 Å². The summed E-state index contributed by atoms with van der Waals surface area (Å²) >= 11 is 1.31. The van der Waals surface area contributed by atoms with Crippen LogP contribution in [0.4, 0.5) is 5.13 Å². The molecule has 7 heteroatoms. The molecular weight excluding hydrogens is 290 g/mol. The van der Waals surface area contributed by atoms with Gasteiger partial charge in [0.05, 0.1) is 7.11 Å². The third-order valence-electron chi connectivity index (χ3n) is 2.87. The van der Waals surface area contributed by atoms with Crippen LogP contribution in [0.5, 0.6) is 5.75 Å². The SMILES string of the molecule is COc1ccc2oc(=N)c(C(=O)Nc3nccs3)cc2c1. The van der Waals surface area contributed by atoms with E-state index in [0.29, 0.717) is 21.9 Å². The van der Waals surface area contributed by atoms with Crippen molar-refractivity contribution in [1.29, 1.82) is 5.41 Å². The number of amides is 1. The summed E-state index contributed by atoms with van der Waals surface area (Å²) in [5, 5.41) is 13.4. The van der Waals surface area contributed by atoms with Gasteiger partial charge >= 0.3 is 0 Å². The van der Waals surface area contributed by atoms with Crippen molar-refractivity contribution in [2.45, 2.75) is 0 Å². The standard InChI is InChI=1S/C14H11N3O3S/c1-19-9-2-3-11-8(6-9)7-10(12(15)20-11)13(18)17-14-16-4-5-21-14/h2-7,15H,1H3,(H,16,17,18). The van der Waals surface area contributed by atoms with Crippen LogP contribution in [0.1, 0.15) is 10.4 Å². The minimum Gasteiger partial charge on any atom is -0.497 e. The minimum atomic E-state index is -0.427. The van der Waals surface area contributed by atoms with Gasteiger partial charge in [0.1, 0.15) is 16.9 Å². The number of hydrogen-bond acceptors (Lipinski definition) is 6. The third kappa shape index (κ3) is 2.63. The van der Waals surface area contributed by atoms with Gasteiger partial charge in [-0.25, -0.2) is 4.98 Å². The monoisotopic (exact) mass is 301 g/mol. The lowest BCUT2D eigenvalue weighted by atomic mass is 10.1. The average Bonchev–Trinajstić information content (AvgIpc) is 2.98. The highest BCUT2D eigenvalue weighted by atomic mass is 32.1. The van der Waals surface area contributed by atoms with Crippen LogP contribution in [0.2, 0.25) is 0 Å². The Kier molecular flexibility index (Phi) is 3.41. The van der Waals surface area contributed by atoms with Gasteiger partial charge in [-0.05, 0) is 24.3 Å². The Labute approximate surface area is 123 Å². The van der Waals surface area contributed by atoms with Crippen molar-refractivity contribution in [3.8, 4) is 5.75 Å². The van der Waals surface area contributed by atoms with Crippen molar-refractivity contribution >= 4 is 33.3 Å². The van der Waals surface area contributed by atoms with E-state index in [2.05, 4.69) is 10.3 Å². The molecule has 0 bridgehead atoms. The van der Waals surface area contributed by atoms with Crippen molar-refractivity contribution in [3.63, 3.8) is 0 Å². The highest BCUT2D eigenvalue weighted by Crippen LogP contribution is 2.20. The number of aromatic nitrogens is 1. The number of thiazole rings is 1. The van der Waals surface area contributed by atoms with Gasteiger partial charge in [0, 0.05) is 17.0 Å². The summed E-state index contributed by atoms with van der Waals surface area (Å²) in [6.07, 6.45) is 1.59. The molecular formula is C14H11N3O3S. The van der Waals surface area contributed by atoms with Crippen molar-refractivity contribution in [1.82, 2.24) is 4.98 Å². The normalized spacial score (nSPS) is 10.5. The summed E-state index contributed by atoms with van der Waals surface area (Å²) in [6.45, 7) is 0. The van der Waals surface area contributed by atoms with Crippen LogP contribution in [0.3, 0.4) is 0 Å². The Morgan fingerprint density at radius 1 is 1.43 bits per heavy atom. The molecule has 0 fully saturated rings. The van der Waals surface area contributed by atoms with Crippen LogP contribution >= 0.6 is 11.3 Å². The van der Waals surface area contributed by atoms with Crippen molar-refractivity contribution in [2.75, 3.05) is 12.4 Å². The summed E-state index contributed by atoms with van der Waals surface area (Å²) in [5.41, 5.74) is 0.472. The summed E-state index contributed by atoms with van der Waals surface area (Å²) in [6, 6.07) is 6.79. The van der Waals surface area contributed by atoms with Gasteiger partial charge in [-0.3, -0.25) is 15.5 Å². The Balaban J connectivity index is 2.03. The lowest BCUT2D eigenvalue weighted by molar-refractivity contribution is 0.102. The third-order valence-corrected chi connectivity index (χ3v) is 3.56. The van der Waals surface area contributed by atoms with Crippen LogP contribution in [0, 0.1) is 5.41 Å². The van der Waals surface area contributed by atoms with Crippen LogP contribution in [0.25, 0.3) is 11.0 Å². The molecule has 1 aromatic carbocycles. The number of methoxy groups -OCH3 is 1. The maximum atomic E-state index is 12.2. The zero-order valence-electron chi connectivity index (χ0n) is 11.0. The first-order valence-corrected chi connectivity index (χ1v) is 6.92. The van der Waals surface area contributed by atoms with Gasteiger partial charge in [0.2, 0.25) is 5.55 Å². The number of hydrogen-bond donors (Lipinski definition) is 2. The van der Waals surface area contributed by atoms with Crippen LogP contribution in [0.15, 0.2) is 40.3 Å². The maximum Gasteiger partial charge on any atom is 0.262 e. The molecule has 0 aliphatic heterocycles. The Morgan fingerprint density at radius 3 is 3.00 bits per heavy atom. The van der Waals surface area contributed by atoms with Crippen LogP contribution in [-0.2, 0) is 0 Å². The second-order valence-electron chi connectivity index (χ2n) is 4.18. The average molecular weight is 301 g/mol. The summed E-state index contributed by atoms with van der Waals surface area (Å²) in [4.78, 5) is 16.2. The molecule has 0 aliphatic carbocycles. The number of ether oxygens (including phenoxy) is 1. The summed E-state index contributed by atoms with van der Waals surface area (Å²) in [7, 11) is 1.56. The number of carbonyl (C=O) groups is 1. The molecule has 3 rings (SSSR count). The Morgan fingerprint density at radius 2 is 2.29 bits per heavy atom. The molecule has 0 unspecified atom stereocenters. The highest BCUT2D eigenvalue weighted by molar-refractivity contribution is 7.13. The predicted octanol–water partition coefficient (Wildman–Crippen LogP) is 2.63. The number of benzene rings is 1. The molecule has 21 heavy (non-hydrogen) atoms. The van der Waals surface area contributed by atoms with Crippen molar-refractivity contribution in [3.05, 3.63) is 47.0 Å². The zero-order valence-corrected chi connectivity index (χ0v) is 11.9. The van der Waals surface area contributed by atoms with E-state index >= 15 is 0 Å². The van der Waals surface area contributed by atoms with Crippen LogP contribution < -0.4 is 15.6 Å². The van der Waals surface area contributed by atoms with E-state index in [1.165, 1.54) is 11.3 Å². The fourth-order valence-corrected chi connectivity index (χ4v) is 2.39. The Hall–Kier alpha value is -2.67. The summed E-state index contributed by atoms with van der Waals surface area (Å²) < 4.78 is 10.5. The number of rotatable bonds is 3. The van der Waals surface area contributed by atoms with Gasteiger partial charge in [-0.1, -0.05) is 0 Å². The van der Waals surface area contributed by atoms with Gasteiger partial charge in [-0.2, -0.15) is 0 Å². The molecule has 0 atom stereocenters. The largest absolute Gasteiger partial charge is 0.497 e. The first kappa shape index (κ1) is 13.3. The van der Waals surface area contributed by atoms with E-state index in [1.807, 2.05) is 0 Å². The fourth-order valence-electron chi connectivity index (χ4n) is 1.86.